The number of unbranched alkanes of at least 4 members (excludes halogenated alkanes) is 5. The van der Waals surface area contributed by atoms with Gasteiger partial charge in [0.25, 0.3) is 0 Å². The van der Waals surface area contributed by atoms with Gasteiger partial charge in [0, 0.05) is 0 Å². The Morgan fingerprint density at radius 1 is 1.09 bits per heavy atom. The maximum atomic E-state index is 5.62. The maximum Gasteiger partial charge on any atom is 0.227 e. The fourth-order valence-corrected chi connectivity index (χ4v) is 3.76. The second-order valence-electron chi connectivity index (χ2n) is 6.29. The van der Waals surface area contributed by atoms with Crippen LogP contribution in [0.3, 0.4) is 0 Å². The molecule has 1 aromatic rings. The molecular formula is C17H30BrIN2O. The fourth-order valence-electron chi connectivity index (χ4n) is 2.90. The van der Waals surface area contributed by atoms with Crippen LogP contribution in [-0.4, -0.2) is 16.9 Å². The summed E-state index contributed by atoms with van der Waals surface area (Å²) in [5.74, 6) is 0.858. The summed E-state index contributed by atoms with van der Waals surface area (Å²) in [6.07, 6.45) is 11.3. The Hall–Kier alpha value is 0.220. The molecule has 1 unspecified atom stereocenters. The topological polar surface area (TPSA) is 27.1 Å². The molecule has 0 fully saturated rings. The Labute approximate surface area is 157 Å². The summed E-state index contributed by atoms with van der Waals surface area (Å²) in [7, 11) is 1.73. The zero-order valence-electron chi connectivity index (χ0n) is 14.4. The van der Waals surface area contributed by atoms with Crippen molar-refractivity contribution >= 4 is 38.5 Å². The van der Waals surface area contributed by atoms with Crippen LogP contribution in [0.1, 0.15) is 78.6 Å². The third kappa shape index (κ3) is 5.39. The van der Waals surface area contributed by atoms with Crippen molar-refractivity contribution in [3.63, 3.8) is 0 Å². The minimum atomic E-state index is 0.0412. The Morgan fingerprint density at radius 2 is 1.68 bits per heavy atom. The molecule has 0 aliphatic heterocycles. The predicted molar refractivity (Wildman–Crippen MR) is 106 cm³/mol. The van der Waals surface area contributed by atoms with Crippen LogP contribution >= 0.6 is 38.5 Å². The largest absolute Gasteiger partial charge is 0.480 e. The average Bonchev–Trinajstić information content (AvgIpc) is 2.80. The fraction of sp³-hybridized carbons (Fsp3) is 0.824. The first-order valence-electron chi connectivity index (χ1n) is 8.48. The Balaban J connectivity index is 2.88. The number of nitrogens with zero attached hydrogens (tertiary/aromatic N) is 2. The highest BCUT2D eigenvalue weighted by atomic mass is 127. The van der Waals surface area contributed by atoms with Gasteiger partial charge in [-0.2, -0.15) is 5.10 Å². The molecule has 0 aliphatic rings. The van der Waals surface area contributed by atoms with E-state index in [-0.39, 0.29) is 5.54 Å². The molecule has 1 heterocycles. The zero-order chi connectivity index (χ0) is 16.6. The van der Waals surface area contributed by atoms with E-state index in [1.54, 1.807) is 7.11 Å². The van der Waals surface area contributed by atoms with Crippen LogP contribution in [0.25, 0.3) is 0 Å². The standard InChI is InChI=1S/C17H30BrIN2O/c1-5-7-9-10-11-13-17(3,12-8-6-2)21-16(22-4)14(18)15(19)20-21/h5-13H2,1-4H3. The molecule has 5 heteroatoms. The van der Waals surface area contributed by atoms with Crippen molar-refractivity contribution in [3.05, 3.63) is 8.17 Å². The molecule has 0 spiro atoms. The van der Waals surface area contributed by atoms with E-state index in [1.807, 2.05) is 0 Å². The summed E-state index contributed by atoms with van der Waals surface area (Å²) in [6, 6.07) is 0. The van der Waals surface area contributed by atoms with Gasteiger partial charge in [-0.15, -0.1) is 0 Å². The van der Waals surface area contributed by atoms with Crippen molar-refractivity contribution in [1.29, 1.82) is 0 Å². The van der Waals surface area contributed by atoms with E-state index in [9.17, 15) is 0 Å². The van der Waals surface area contributed by atoms with Gasteiger partial charge in [-0.05, 0) is 58.3 Å². The van der Waals surface area contributed by atoms with E-state index in [0.717, 1.165) is 26.9 Å². The van der Waals surface area contributed by atoms with Crippen molar-refractivity contribution in [1.82, 2.24) is 9.78 Å². The molecule has 128 valence electrons. The second-order valence-corrected chi connectivity index (χ2v) is 8.11. The molecule has 22 heavy (non-hydrogen) atoms. The van der Waals surface area contributed by atoms with E-state index in [0.29, 0.717) is 0 Å². The molecule has 0 aliphatic carbocycles. The molecule has 1 aromatic heterocycles. The second kappa shape index (κ2) is 10.2. The number of halogens is 2. The molecule has 0 bridgehead atoms. The molecule has 0 N–H and O–H groups in total. The van der Waals surface area contributed by atoms with Crippen LogP contribution in [0.5, 0.6) is 5.88 Å². The van der Waals surface area contributed by atoms with Crippen LogP contribution < -0.4 is 4.74 Å². The molecule has 3 nitrogen and oxygen atoms in total. The zero-order valence-corrected chi connectivity index (χ0v) is 18.2. The average molecular weight is 485 g/mol. The van der Waals surface area contributed by atoms with Gasteiger partial charge in [0.1, 0.15) is 8.17 Å². The Kier molecular flexibility index (Phi) is 9.36. The number of rotatable bonds is 11. The number of methoxy groups -OCH3 is 1. The van der Waals surface area contributed by atoms with Crippen molar-refractivity contribution in [3.8, 4) is 5.88 Å². The van der Waals surface area contributed by atoms with E-state index in [4.69, 9.17) is 9.84 Å². The van der Waals surface area contributed by atoms with Gasteiger partial charge in [-0.1, -0.05) is 58.8 Å². The third-order valence-corrected chi connectivity index (χ3v) is 6.55. The molecule has 0 amide bonds. The van der Waals surface area contributed by atoms with E-state index in [2.05, 4.69) is 64.0 Å². The highest BCUT2D eigenvalue weighted by Gasteiger charge is 2.31. The Bertz CT molecular complexity index is 450. The number of ether oxygens (including phenoxy) is 1. The van der Waals surface area contributed by atoms with E-state index < -0.39 is 0 Å². The highest BCUT2D eigenvalue weighted by molar-refractivity contribution is 14.1. The molecule has 0 radical (unpaired) electrons. The lowest BCUT2D eigenvalue weighted by atomic mass is 9.88. The van der Waals surface area contributed by atoms with Crippen LogP contribution in [-0.2, 0) is 5.54 Å². The summed E-state index contributed by atoms with van der Waals surface area (Å²) >= 11 is 5.88. The SMILES string of the molecule is CCCCCCCC(C)(CCCC)n1nc(I)c(Br)c1OC. The monoisotopic (exact) mass is 484 g/mol. The minimum absolute atomic E-state index is 0.0412. The minimum Gasteiger partial charge on any atom is -0.480 e. The lowest BCUT2D eigenvalue weighted by Gasteiger charge is -2.31. The van der Waals surface area contributed by atoms with Gasteiger partial charge < -0.3 is 4.74 Å². The molecule has 0 saturated heterocycles. The van der Waals surface area contributed by atoms with Gasteiger partial charge in [0.05, 0.1) is 12.6 Å². The van der Waals surface area contributed by atoms with Crippen LogP contribution in [0.4, 0.5) is 0 Å². The first-order valence-corrected chi connectivity index (χ1v) is 10.4. The predicted octanol–water partition coefficient (Wildman–Crippen LogP) is 6.52. The maximum absolute atomic E-state index is 5.62. The first-order chi connectivity index (χ1) is 10.5. The summed E-state index contributed by atoms with van der Waals surface area (Å²) in [6.45, 7) is 6.85. The summed E-state index contributed by atoms with van der Waals surface area (Å²) in [5, 5.41) is 4.75. The van der Waals surface area contributed by atoms with Gasteiger partial charge in [-0.3, -0.25) is 0 Å². The van der Waals surface area contributed by atoms with Crippen molar-refractivity contribution < 1.29 is 4.74 Å². The van der Waals surface area contributed by atoms with Crippen molar-refractivity contribution in [2.24, 2.45) is 0 Å². The number of hydrogen-bond donors (Lipinski definition) is 0. The smallest absolute Gasteiger partial charge is 0.227 e. The van der Waals surface area contributed by atoms with E-state index >= 15 is 0 Å². The van der Waals surface area contributed by atoms with Crippen LogP contribution in [0, 0.1) is 3.70 Å². The van der Waals surface area contributed by atoms with Crippen molar-refractivity contribution in [2.75, 3.05) is 7.11 Å². The molecule has 1 atom stereocenters. The molecule has 0 saturated carbocycles. The molecule has 0 aromatic carbocycles. The lowest BCUT2D eigenvalue weighted by molar-refractivity contribution is 0.199. The van der Waals surface area contributed by atoms with Gasteiger partial charge in [0.15, 0.2) is 0 Å². The van der Waals surface area contributed by atoms with Gasteiger partial charge in [0.2, 0.25) is 5.88 Å². The number of aromatic nitrogens is 2. The van der Waals surface area contributed by atoms with Crippen LogP contribution in [0.15, 0.2) is 4.47 Å². The lowest BCUT2D eigenvalue weighted by Crippen LogP contribution is -2.32. The summed E-state index contributed by atoms with van der Waals surface area (Å²) in [5.41, 5.74) is 0.0412. The normalized spacial score (nSPS) is 14.1. The summed E-state index contributed by atoms with van der Waals surface area (Å²) in [4.78, 5) is 0. The summed E-state index contributed by atoms with van der Waals surface area (Å²) < 4.78 is 9.69. The Morgan fingerprint density at radius 3 is 2.27 bits per heavy atom. The van der Waals surface area contributed by atoms with Gasteiger partial charge in [-0.25, -0.2) is 4.68 Å². The highest BCUT2D eigenvalue weighted by Crippen LogP contribution is 2.38. The van der Waals surface area contributed by atoms with Crippen molar-refractivity contribution in [2.45, 2.75) is 84.1 Å². The molecule has 1 rings (SSSR count). The quantitative estimate of drug-likeness (QED) is 0.264. The van der Waals surface area contributed by atoms with E-state index in [1.165, 1.54) is 44.9 Å². The third-order valence-electron chi connectivity index (χ3n) is 4.34. The van der Waals surface area contributed by atoms with Crippen LogP contribution in [0.2, 0.25) is 0 Å². The number of hydrogen-bond acceptors (Lipinski definition) is 2. The molecular weight excluding hydrogens is 455 g/mol. The first kappa shape index (κ1) is 20.3. The van der Waals surface area contributed by atoms with Gasteiger partial charge >= 0.3 is 0 Å².